The van der Waals surface area contributed by atoms with Crippen molar-refractivity contribution in [3.8, 4) is 0 Å². The van der Waals surface area contributed by atoms with E-state index >= 15 is 0 Å². The average molecular weight is 347 g/mol. The highest BCUT2D eigenvalue weighted by Crippen LogP contribution is 2.32. The molecule has 0 aliphatic heterocycles. The van der Waals surface area contributed by atoms with Gasteiger partial charge in [-0.2, -0.15) is 0 Å². The van der Waals surface area contributed by atoms with Crippen LogP contribution in [-0.2, 0) is 9.84 Å². The Kier molecular flexibility index (Phi) is 4.39. The molecule has 0 saturated carbocycles. The second-order valence-corrected chi connectivity index (χ2v) is 7.91. The van der Waals surface area contributed by atoms with Gasteiger partial charge in [0.15, 0.2) is 9.84 Å². The minimum absolute atomic E-state index is 0.263. The summed E-state index contributed by atoms with van der Waals surface area (Å²) in [6.07, 6.45) is 0. The lowest BCUT2D eigenvalue weighted by molar-refractivity contribution is -0.367. The third-order valence-corrected chi connectivity index (χ3v) is 6.37. The lowest BCUT2D eigenvalue weighted by atomic mass is 10.0. The quantitative estimate of drug-likeness (QED) is 0.788. The van der Waals surface area contributed by atoms with Crippen LogP contribution in [-0.4, -0.2) is 15.0 Å². The number of benzene rings is 3. The van der Waals surface area contributed by atoms with Crippen LogP contribution in [0, 0.1) is 0 Å². The van der Waals surface area contributed by atoms with E-state index in [-0.39, 0.29) is 11.4 Å². The number of hydrogen-bond acceptors (Lipinski definition) is 2. The van der Waals surface area contributed by atoms with Gasteiger partial charge in [0.1, 0.15) is 5.25 Å². The maximum absolute atomic E-state index is 13.0. The molecule has 3 N–H and O–H groups in total. The molecule has 5 heteroatoms. The van der Waals surface area contributed by atoms with Crippen molar-refractivity contribution in [1.29, 1.82) is 0 Å². The molecule has 3 aromatic carbocycles. The molecule has 0 heterocycles. The predicted molar refractivity (Wildman–Crippen MR) is 93.1 cm³/mol. The molecule has 0 aliphatic carbocycles. The van der Waals surface area contributed by atoms with Gasteiger partial charge in [-0.1, -0.05) is 54.1 Å². The molecular formula is C18H17ClNO2S+. The highest BCUT2D eigenvalue weighted by molar-refractivity contribution is 7.91. The Bertz CT molecular complexity index is 931. The van der Waals surface area contributed by atoms with Crippen LogP contribution in [0.25, 0.3) is 10.8 Å². The van der Waals surface area contributed by atoms with Crippen LogP contribution in [0.4, 0.5) is 0 Å². The Hall–Kier alpha value is -1.88. The summed E-state index contributed by atoms with van der Waals surface area (Å²) in [4.78, 5) is 0.267. The monoisotopic (exact) mass is 346 g/mol. The van der Waals surface area contributed by atoms with Crippen LogP contribution in [0.15, 0.2) is 71.6 Å². The fourth-order valence-corrected chi connectivity index (χ4v) is 4.62. The Balaban J connectivity index is 2.17. The summed E-state index contributed by atoms with van der Waals surface area (Å²) >= 11 is 5.86. The molecule has 118 valence electrons. The van der Waals surface area contributed by atoms with Gasteiger partial charge in [-0.3, -0.25) is 0 Å². The Morgan fingerprint density at radius 2 is 1.57 bits per heavy atom. The summed E-state index contributed by atoms with van der Waals surface area (Å²) in [6, 6.07) is 19.8. The van der Waals surface area contributed by atoms with Crippen LogP contribution in [0.5, 0.6) is 0 Å². The van der Waals surface area contributed by atoms with Crippen LogP contribution in [0.3, 0.4) is 0 Å². The van der Waals surface area contributed by atoms with E-state index in [1.807, 2.05) is 42.5 Å². The van der Waals surface area contributed by atoms with Crippen LogP contribution in [0.1, 0.15) is 10.8 Å². The lowest BCUT2D eigenvalue weighted by Gasteiger charge is -2.17. The second kappa shape index (κ2) is 6.32. The Morgan fingerprint density at radius 1 is 0.913 bits per heavy atom. The number of sulfone groups is 1. The van der Waals surface area contributed by atoms with Crippen LogP contribution in [0.2, 0.25) is 5.02 Å². The van der Waals surface area contributed by atoms with Crippen molar-refractivity contribution in [3.63, 3.8) is 0 Å². The first-order valence-electron chi connectivity index (χ1n) is 7.30. The molecule has 3 nitrogen and oxygen atoms in total. The van der Waals surface area contributed by atoms with E-state index in [0.717, 1.165) is 16.3 Å². The summed E-state index contributed by atoms with van der Waals surface area (Å²) in [5.74, 6) is 0. The van der Waals surface area contributed by atoms with Gasteiger partial charge in [0, 0.05) is 5.02 Å². The molecule has 1 atom stereocenters. The maximum atomic E-state index is 13.0. The molecule has 0 radical (unpaired) electrons. The number of halogens is 1. The molecular weight excluding hydrogens is 330 g/mol. The zero-order valence-electron chi connectivity index (χ0n) is 12.4. The van der Waals surface area contributed by atoms with Gasteiger partial charge < -0.3 is 5.73 Å². The zero-order chi connectivity index (χ0) is 16.4. The van der Waals surface area contributed by atoms with Crippen molar-refractivity contribution in [2.75, 3.05) is 6.54 Å². The molecule has 0 bridgehead atoms. The molecule has 0 spiro atoms. The van der Waals surface area contributed by atoms with Crippen molar-refractivity contribution in [1.82, 2.24) is 0 Å². The van der Waals surface area contributed by atoms with E-state index in [2.05, 4.69) is 5.73 Å². The minimum Gasteiger partial charge on any atom is -0.356 e. The summed E-state index contributed by atoms with van der Waals surface area (Å²) in [5, 5.41) is 1.80. The van der Waals surface area contributed by atoms with Gasteiger partial charge in [0.25, 0.3) is 0 Å². The number of fused-ring (bicyclic) bond motifs is 1. The minimum atomic E-state index is -3.53. The largest absolute Gasteiger partial charge is 0.356 e. The third-order valence-electron chi connectivity index (χ3n) is 3.95. The smallest absolute Gasteiger partial charge is 0.190 e. The molecule has 0 aliphatic rings. The molecule has 0 saturated heterocycles. The third kappa shape index (κ3) is 2.98. The van der Waals surface area contributed by atoms with E-state index in [1.165, 1.54) is 0 Å². The second-order valence-electron chi connectivity index (χ2n) is 5.34. The Labute approximate surface area is 140 Å². The number of rotatable bonds is 4. The van der Waals surface area contributed by atoms with E-state index < -0.39 is 15.1 Å². The van der Waals surface area contributed by atoms with Crippen molar-refractivity contribution >= 4 is 32.2 Å². The van der Waals surface area contributed by atoms with E-state index in [9.17, 15) is 8.42 Å². The average Bonchev–Trinajstić information content (AvgIpc) is 2.56. The summed E-state index contributed by atoms with van der Waals surface area (Å²) in [5.41, 5.74) is 4.66. The molecule has 3 aromatic rings. The standard InChI is InChI=1S/C18H16ClNO2S/c19-14-8-10-15(11-9-14)23(21,22)18(12-20)17-7-3-5-13-4-1-2-6-16(13)17/h1-11,18H,12,20H2/p+1/t18-/m1/s1. The van der Waals surface area contributed by atoms with Crippen molar-refractivity contribution in [2.45, 2.75) is 10.1 Å². The van der Waals surface area contributed by atoms with Crippen LogP contribution < -0.4 is 5.73 Å². The predicted octanol–water partition coefficient (Wildman–Crippen LogP) is 3.25. The van der Waals surface area contributed by atoms with Crippen molar-refractivity contribution in [2.24, 2.45) is 0 Å². The van der Waals surface area contributed by atoms with E-state index in [1.54, 1.807) is 24.3 Å². The molecule has 23 heavy (non-hydrogen) atoms. The molecule has 0 fully saturated rings. The number of quaternary nitrogens is 1. The van der Waals surface area contributed by atoms with Gasteiger partial charge in [-0.05, 0) is 40.6 Å². The van der Waals surface area contributed by atoms with Gasteiger partial charge in [-0.15, -0.1) is 0 Å². The summed E-state index contributed by atoms with van der Waals surface area (Å²) < 4.78 is 26.1. The molecule has 0 aromatic heterocycles. The van der Waals surface area contributed by atoms with Gasteiger partial charge in [-0.25, -0.2) is 8.42 Å². The van der Waals surface area contributed by atoms with E-state index in [0.29, 0.717) is 5.02 Å². The van der Waals surface area contributed by atoms with Gasteiger partial charge >= 0.3 is 0 Å². The SMILES string of the molecule is [NH3+]C[C@H](c1cccc2ccccc12)S(=O)(=O)c1ccc(Cl)cc1. The van der Waals surface area contributed by atoms with Crippen molar-refractivity contribution in [3.05, 3.63) is 77.3 Å². The zero-order valence-corrected chi connectivity index (χ0v) is 14.0. The Morgan fingerprint density at radius 3 is 2.26 bits per heavy atom. The topological polar surface area (TPSA) is 61.8 Å². The fourth-order valence-electron chi connectivity index (χ4n) is 2.80. The van der Waals surface area contributed by atoms with Gasteiger partial charge in [0.2, 0.25) is 0 Å². The molecule has 0 unspecified atom stereocenters. The van der Waals surface area contributed by atoms with E-state index in [4.69, 9.17) is 11.6 Å². The van der Waals surface area contributed by atoms with Crippen LogP contribution >= 0.6 is 11.6 Å². The maximum Gasteiger partial charge on any atom is 0.190 e. The van der Waals surface area contributed by atoms with Gasteiger partial charge in [0.05, 0.1) is 11.4 Å². The van der Waals surface area contributed by atoms with Crippen molar-refractivity contribution < 1.29 is 14.2 Å². The first-order chi connectivity index (χ1) is 11.0. The lowest BCUT2D eigenvalue weighted by Crippen LogP contribution is -2.54. The highest BCUT2D eigenvalue weighted by Gasteiger charge is 2.30. The first-order valence-corrected chi connectivity index (χ1v) is 9.23. The highest BCUT2D eigenvalue weighted by atomic mass is 35.5. The molecule has 0 amide bonds. The molecule has 3 rings (SSSR count). The normalized spacial score (nSPS) is 13.1. The number of hydrogen-bond donors (Lipinski definition) is 1. The first kappa shape index (κ1) is 16.0. The fraction of sp³-hybridized carbons (Fsp3) is 0.111. The summed E-state index contributed by atoms with van der Waals surface area (Å²) in [7, 11) is -3.53. The summed E-state index contributed by atoms with van der Waals surface area (Å²) in [6.45, 7) is 0.263.